The van der Waals surface area contributed by atoms with Crippen molar-refractivity contribution in [2.24, 2.45) is 11.7 Å². The molecule has 0 aromatic rings. The minimum atomic E-state index is -0.427. The highest BCUT2D eigenvalue weighted by molar-refractivity contribution is 5.81. The van der Waals surface area contributed by atoms with Gasteiger partial charge in [-0.25, -0.2) is 0 Å². The van der Waals surface area contributed by atoms with Crippen molar-refractivity contribution in [1.29, 1.82) is 0 Å². The summed E-state index contributed by atoms with van der Waals surface area (Å²) >= 11 is 0. The third-order valence-corrected chi connectivity index (χ3v) is 3.29. The van der Waals surface area contributed by atoms with E-state index in [2.05, 4.69) is 0 Å². The molecule has 0 saturated carbocycles. The highest BCUT2D eigenvalue weighted by Gasteiger charge is 2.29. The van der Waals surface area contributed by atoms with Gasteiger partial charge in [-0.15, -0.1) is 0 Å². The summed E-state index contributed by atoms with van der Waals surface area (Å²) in [6.45, 7) is 8.24. The molecule has 17 heavy (non-hydrogen) atoms. The standard InChI is InChI=1S/C12H23N3O2/c1-4-14(10(3)16)7-11-5-6-15(8-11)12(17)9(2)13/h9,11H,4-8,13H2,1-3H3. The Balaban J connectivity index is 2.45. The van der Waals surface area contributed by atoms with Gasteiger partial charge in [-0.1, -0.05) is 0 Å². The number of hydrogen-bond acceptors (Lipinski definition) is 3. The number of carbonyl (C=O) groups excluding carboxylic acids is 2. The van der Waals surface area contributed by atoms with E-state index in [1.165, 1.54) is 0 Å². The maximum absolute atomic E-state index is 11.7. The Bertz CT molecular complexity index is 291. The second-order valence-corrected chi connectivity index (χ2v) is 4.79. The summed E-state index contributed by atoms with van der Waals surface area (Å²) in [4.78, 5) is 26.6. The van der Waals surface area contributed by atoms with Gasteiger partial charge in [0, 0.05) is 33.1 Å². The number of hydrogen-bond donors (Lipinski definition) is 1. The molecule has 5 nitrogen and oxygen atoms in total. The maximum atomic E-state index is 11.7. The highest BCUT2D eigenvalue weighted by atomic mass is 16.2. The molecule has 1 aliphatic heterocycles. The normalized spacial score (nSPS) is 21.4. The molecule has 0 radical (unpaired) electrons. The van der Waals surface area contributed by atoms with Crippen molar-refractivity contribution in [2.45, 2.75) is 33.2 Å². The summed E-state index contributed by atoms with van der Waals surface area (Å²) in [6.07, 6.45) is 0.961. The average molecular weight is 241 g/mol. The first-order chi connectivity index (χ1) is 7.95. The smallest absolute Gasteiger partial charge is 0.239 e. The average Bonchev–Trinajstić information content (AvgIpc) is 2.72. The lowest BCUT2D eigenvalue weighted by Gasteiger charge is -2.23. The fraction of sp³-hybridized carbons (Fsp3) is 0.833. The van der Waals surface area contributed by atoms with Gasteiger partial charge in [0.25, 0.3) is 0 Å². The van der Waals surface area contributed by atoms with E-state index in [0.717, 1.165) is 32.6 Å². The predicted molar refractivity (Wildman–Crippen MR) is 66.3 cm³/mol. The van der Waals surface area contributed by atoms with Gasteiger partial charge in [-0.2, -0.15) is 0 Å². The van der Waals surface area contributed by atoms with E-state index in [-0.39, 0.29) is 11.8 Å². The maximum Gasteiger partial charge on any atom is 0.239 e. The molecule has 2 atom stereocenters. The fourth-order valence-corrected chi connectivity index (χ4v) is 2.26. The molecule has 2 amide bonds. The van der Waals surface area contributed by atoms with Crippen LogP contribution in [0, 0.1) is 5.92 Å². The van der Waals surface area contributed by atoms with Gasteiger partial charge in [0.15, 0.2) is 0 Å². The van der Waals surface area contributed by atoms with Crippen LogP contribution < -0.4 is 5.73 Å². The largest absolute Gasteiger partial charge is 0.343 e. The summed E-state index contributed by atoms with van der Waals surface area (Å²) in [7, 11) is 0. The number of rotatable bonds is 4. The SMILES string of the molecule is CCN(CC1CCN(C(=O)C(C)N)C1)C(C)=O. The summed E-state index contributed by atoms with van der Waals surface area (Å²) in [5, 5.41) is 0. The number of amides is 2. The van der Waals surface area contributed by atoms with E-state index in [4.69, 9.17) is 5.73 Å². The van der Waals surface area contributed by atoms with E-state index in [1.807, 2.05) is 16.7 Å². The number of carbonyl (C=O) groups is 2. The van der Waals surface area contributed by atoms with Crippen LogP contribution in [-0.4, -0.2) is 53.8 Å². The molecule has 0 spiro atoms. The molecule has 1 aliphatic rings. The zero-order valence-electron chi connectivity index (χ0n) is 11.0. The second-order valence-electron chi connectivity index (χ2n) is 4.79. The molecular formula is C12H23N3O2. The van der Waals surface area contributed by atoms with Crippen LogP contribution >= 0.6 is 0 Å². The fourth-order valence-electron chi connectivity index (χ4n) is 2.26. The van der Waals surface area contributed by atoms with Crippen LogP contribution in [0.15, 0.2) is 0 Å². The minimum absolute atomic E-state index is 0.0124. The molecular weight excluding hydrogens is 218 g/mol. The third-order valence-electron chi connectivity index (χ3n) is 3.29. The van der Waals surface area contributed by atoms with Gasteiger partial charge in [-0.3, -0.25) is 9.59 Å². The minimum Gasteiger partial charge on any atom is -0.343 e. The van der Waals surface area contributed by atoms with Gasteiger partial charge in [0.1, 0.15) is 0 Å². The Kier molecular flexibility index (Phi) is 4.93. The summed E-state index contributed by atoms with van der Waals surface area (Å²) in [5.74, 6) is 0.504. The van der Waals surface area contributed by atoms with Crippen molar-refractivity contribution in [3.8, 4) is 0 Å². The topological polar surface area (TPSA) is 66.6 Å². The Hall–Kier alpha value is -1.10. The summed E-state index contributed by atoms with van der Waals surface area (Å²) in [5.41, 5.74) is 5.58. The quantitative estimate of drug-likeness (QED) is 0.756. The van der Waals surface area contributed by atoms with Crippen LogP contribution in [-0.2, 0) is 9.59 Å². The highest BCUT2D eigenvalue weighted by Crippen LogP contribution is 2.18. The van der Waals surface area contributed by atoms with Gasteiger partial charge in [0.05, 0.1) is 6.04 Å². The second kappa shape index (κ2) is 6.00. The van der Waals surface area contributed by atoms with Crippen LogP contribution in [0.2, 0.25) is 0 Å². The molecule has 1 rings (SSSR count). The number of nitrogens with two attached hydrogens (primary N) is 1. The molecule has 0 aromatic heterocycles. The summed E-state index contributed by atoms with van der Waals surface area (Å²) < 4.78 is 0. The lowest BCUT2D eigenvalue weighted by atomic mass is 10.1. The van der Waals surface area contributed by atoms with Crippen molar-refractivity contribution in [3.63, 3.8) is 0 Å². The van der Waals surface area contributed by atoms with E-state index >= 15 is 0 Å². The van der Waals surface area contributed by atoms with Crippen molar-refractivity contribution in [3.05, 3.63) is 0 Å². The Labute approximate surface area is 103 Å². The predicted octanol–water partition coefficient (Wildman–Crippen LogP) is 0.0505. The Morgan fingerprint density at radius 2 is 2.18 bits per heavy atom. The lowest BCUT2D eigenvalue weighted by Crippen LogP contribution is -2.41. The Morgan fingerprint density at radius 3 is 2.65 bits per heavy atom. The molecule has 0 bridgehead atoms. The van der Waals surface area contributed by atoms with Crippen LogP contribution in [0.4, 0.5) is 0 Å². The van der Waals surface area contributed by atoms with Gasteiger partial charge in [0.2, 0.25) is 11.8 Å². The van der Waals surface area contributed by atoms with E-state index in [1.54, 1.807) is 13.8 Å². The van der Waals surface area contributed by atoms with Crippen molar-refractivity contribution >= 4 is 11.8 Å². The van der Waals surface area contributed by atoms with Crippen LogP contribution in [0.3, 0.4) is 0 Å². The molecule has 1 saturated heterocycles. The molecule has 0 aromatic carbocycles. The molecule has 1 fully saturated rings. The monoisotopic (exact) mass is 241 g/mol. The first-order valence-corrected chi connectivity index (χ1v) is 6.25. The third kappa shape index (κ3) is 3.70. The van der Waals surface area contributed by atoms with E-state index < -0.39 is 6.04 Å². The van der Waals surface area contributed by atoms with E-state index in [9.17, 15) is 9.59 Å². The zero-order valence-corrected chi connectivity index (χ0v) is 11.0. The summed E-state index contributed by atoms with van der Waals surface area (Å²) in [6, 6.07) is -0.427. The molecule has 1 heterocycles. The van der Waals surface area contributed by atoms with Gasteiger partial charge >= 0.3 is 0 Å². The van der Waals surface area contributed by atoms with Gasteiger partial charge in [-0.05, 0) is 26.2 Å². The molecule has 98 valence electrons. The molecule has 2 unspecified atom stereocenters. The number of nitrogens with zero attached hydrogens (tertiary/aromatic N) is 2. The van der Waals surface area contributed by atoms with Gasteiger partial charge < -0.3 is 15.5 Å². The first-order valence-electron chi connectivity index (χ1n) is 6.25. The van der Waals surface area contributed by atoms with Crippen LogP contribution in [0.5, 0.6) is 0 Å². The molecule has 5 heteroatoms. The zero-order chi connectivity index (χ0) is 13.0. The first kappa shape index (κ1) is 14.0. The van der Waals surface area contributed by atoms with E-state index in [0.29, 0.717) is 5.92 Å². The van der Waals surface area contributed by atoms with Crippen molar-refractivity contribution in [2.75, 3.05) is 26.2 Å². The van der Waals surface area contributed by atoms with Crippen LogP contribution in [0.25, 0.3) is 0 Å². The Morgan fingerprint density at radius 1 is 1.53 bits per heavy atom. The lowest BCUT2D eigenvalue weighted by molar-refractivity contribution is -0.131. The van der Waals surface area contributed by atoms with Crippen molar-refractivity contribution < 1.29 is 9.59 Å². The molecule has 2 N–H and O–H groups in total. The van der Waals surface area contributed by atoms with Crippen LogP contribution in [0.1, 0.15) is 27.2 Å². The number of likely N-dealkylation sites (tertiary alicyclic amines) is 1. The molecule has 0 aliphatic carbocycles. The van der Waals surface area contributed by atoms with Crippen molar-refractivity contribution in [1.82, 2.24) is 9.80 Å².